The van der Waals surface area contributed by atoms with Gasteiger partial charge in [0.05, 0.1) is 17.8 Å². The Morgan fingerprint density at radius 1 is 1.35 bits per heavy atom. The molecule has 1 aromatic carbocycles. The smallest absolute Gasteiger partial charge is 0.254 e. The van der Waals surface area contributed by atoms with Crippen LogP contribution in [-0.4, -0.2) is 25.7 Å². The van der Waals surface area contributed by atoms with Gasteiger partial charge < -0.3 is 9.88 Å². The molecule has 0 aliphatic carbocycles. The molecule has 0 saturated carbocycles. The van der Waals surface area contributed by atoms with Crippen LogP contribution in [-0.2, 0) is 6.54 Å². The van der Waals surface area contributed by atoms with Gasteiger partial charge in [0.2, 0.25) is 0 Å². The zero-order valence-electron chi connectivity index (χ0n) is 12.9. The van der Waals surface area contributed by atoms with Crippen LogP contribution >= 0.6 is 0 Å². The number of hydrogen-bond acceptors (Lipinski definition) is 3. The molecule has 1 atom stereocenters. The largest absolute Gasteiger partial charge is 0.345 e. The van der Waals surface area contributed by atoms with Gasteiger partial charge in [-0.3, -0.25) is 9.89 Å². The molecule has 23 heavy (non-hydrogen) atoms. The fourth-order valence-electron chi connectivity index (χ4n) is 2.53. The van der Waals surface area contributed by atoms with E-state index >= 15 is 0 Å². The number of carbonyl (C=O) groups excluding carboxylic acids is 1. The van der Waals surface area contributed by atoms with Crippen molar-refractivity contribution in [3.63, 3.8) is 0 Å². The van der Waals surface area contributed by atoms with E-state index in [9.17, 15) is 4.79 Å². The van der Waals surface area contributed by atoms with Crippen LogP contribution in [0.25, 0.3) is 0 Å². The first-order valence-corrected chi connectivity index (χ1v) is 7.56. The Hall–Kier alpha value is -2.89. The molecule has 1 unspecified atom stereocenters. The molecule has 0 saturated heterocycles. The maximum Gasteiger partial charge on any atom is 0.254 e. The topological polar surface area (TPSA) is 75.6 Å². The number of rotatable bonds is 6. The lowest BCUT2D eigenvalue weighted by Crippen LogP contribution is -2.29. The Morgan fingerprint density at radius 2 is 2.17 bits per heavy atom. The second-order valence-electron chi connectivity index (χ2n) is 5.38. The van der Waals surface area contributed by atoms with E-state index in [1.54, 1.807) is 12.4 Å². The molecule has 3 aromatic rings. The van der Waals surface area contributed by atoms with Crippen molar-refractivity contribution in [1.29, 1.82) is 0 Å². The highest BCUT2D eigenvalue weighted by Gasteiger charge is 2.16. The molecule has 6 nitrogen and oxygen atoms in total. The minimum Gasteiger partial charge on any atom is -0.345 e. The van der Waals surface area contributed by atoms with Crippen LogP contribution in [0.3, 0.4) is 0 Å². The van der Waals surface area contributed by atoms with Crippen molar-refractivity contribution >= 4 is 5.91 Å². The summed E-state index contributed by atoms with van der Waals surface area (Å²) in [5, 5.41) is 9.57. The molecular weight excluding hydrogens is 290 g/mol. The van der Waals surface area contributed by atoms with E-state index in [1.165, 1.54) is 6.20 Å². The first-order chi connectivity index (χ1) is 11.2. The number of imidazole rings is 1. The molecule has 2 N–H and O–H groups in total. The lowest BCUT2D eigenvalue weighted by molar-refractivity contribution is 0.0933. The minimum absolute atomic E-state index is 0.0691. The first kappa shape index (κ1) is 15.0. The number of benzene rings is 1. The van der Waals surface area contributed by atoms with E-state index in [4.69, 9.17) is 0 Å². The molecule has 0 spiro atoms. The second kappa shape index (κ2) is 6.91. The minimum atomic E-state index is -0.130. The van der Waals surface area contributed by atoms with Crippen LogP contribution in [0.15, 0.2) is 55.1 Å². The van der Waals surface area contributed by atoms with Crippen LogP contribution in [0.1, 0.15) is 34.2 Å². The Morgan fingerprint density at radius 3 is 2.83 bits per heavy atom. The second-order valence-corrected chi connectivity index (χ2v) is 5.38. The van der Waals surface area contributed by atoms with Gasteiger partial charge in [-0.25, -0.2) is 4.98 Å². The summed E-state index contributed by atoms with van der Waals surface area (Å²) >= 11 is 0. The van der Waals surface area contributed by atoms with Gasteiger partial charge in [-0.15, -0.1) is 0 Å². The third-order valence-corrected chi connectivity index (χ3v) is 3.85. The number of amides is 1. The Labute approximate surface area is 134 Å². The molecule has 1 amide bonds. The molecule has 0 fully saturated rings. The summed E-state index contributed by atoms with van der Waals surface area (Å²) in [5.41, 5.74) is 1.62. The molecule has 118 valence electrons. The van der Waals surface area contributed by atoms with Gasteiger partial charge in [-0.05, 0) is 18.9 Å². The standard InChI is InChI=1S/C17H19N5O/c1-13-18-8-10-22(13)9-7-16(14-5-3-2-4-6-14)21-17(23)15-11-19-20-12-15/h2-6,8,10-12,16H,7,9H2,1H3,(H,19,20)(H,21,23). The van der Waals surface area contributed by atoms with Gasteiger partial charge in [0.1, 0.15) is 5.82 Å². The number of aryl methyl sites for hydroxylation is 2. The van der Waals surface area contributed by atoms with Gasteiger partial charge in [0, 0.05) is 25.1 Å². The highest BCUT2D eigenvalue weighted by molar-refractivity contribution is 5.93. The predicted octanol–water partition coefficient (Wildman–Crippen LogP) is 2.48. The summed E-state index contributed by atoms with van der Waals surface area (Å²) in [4.78, 5) is 16.6. The number of aromatic amines is 1. The number of carbonyl (C=O) groups is 1. The maximum absolute atomic E-state index is 12.3. The van der Waals surface area contributed by atoms with Gasteiger partial charge in [-0.1, -0.05) is 30.3 Å². The molecular formula is C17H19N5O. The summed E-state index contributed by atoms with van der Waals surface area (Å²) in [5.74, 6) is 0.841. The summed E-state index contributed by atoms with van der Waals surface area (Å²) in [7, 11) is 0. The molecule has 0 radical (unpaired) electrons. The van der Waals surface area contributed by atoms with Crippen molar-refractivity contribution in [1.82, 2.24) is 25.1 Å². The molecule has 0 aliphatic heterocycles. The molecule has 6 heteroatoms. The molecule has 0 bridgehead atoms. The third-order valence-electron chi connectivity index (χ3n) is 3.85. The van der Waals surface area contributed by atoms with Crippen molar-refractivity contribution in [3.05, 3.63) is 72.1 Å². The van der Waals surface area contributed by atoms with Crippen LogP contribution in [0.5, 0.6) is 0 Å². The Bertz CT molecular complexity index is 748. The first-order valence-electron chi connectivity index (χ1n) is 7.56. The van der Waals surface area contributed by atoms with Crippen molar-refractivity contribution in [2.75, 3.05) is 0 Å². The number of aromatic nitrogens is 4. The van der Waals surface area contributed by atoms with Crippen molar-refractivity contribution in [2.24, 2.45) is 0 Å². The number of hydrogen-bond donors (Lipinski definition) is 2. The van der Waals surface area contributed by atoms with E-state index in [1.807, 2.05) is 43.5 Å². The summed E-state index contributed by atoms with van der Waals surface area (Å²) in [6.07, 6.45) is 7.64. The predicted molar refractivity (Wildman–Crippen MR) is 86.8 cm³/mol. The highest BCUT2D eigenvalue weighted by Crippen LogP contribution is 2.18. The maximum atomic E-state index is 12.3. The molecule has 2 heterocycles. The number of nitrogens with zero attached hydrogens (tertiary/aromatic N) is 3. The lowest BCUT2D eigenvalue weighted by atomic mass is 10.0. The average Bonchev–Trinajstić information content (AvgIpc) is 3.24. The molecule has 0 aliphatic rings. The highest BCUT2D eigenvalue weighted by atomic mass is 16.1. The summed E-state index contributed by atoms with van der Waals surface area (Å²) < 4.78 is 2.08. The van der Waals surface area contributed by atoms with E-state index < -0.39 is 0 Å². The SMILES string of the molecule is Cc1nccn1CCC(NC(=O)c1cn[nH]c1)c1ccccc1. The van der Waals surface area contributed by atoms with E-state index in [-0.39, 0.29) is 11.9 Å². The van der Waals surface area contributed by atoms with Crippen molar-refractivity contribution in [3.8, 4) is 0 Å². The summed E-state index contributed by atoms with van der Waals surface area (Å²) in [6.45, 7) is 2.76. The number of H-pyrrole nitrogens is 1. The molecule has 3 rings (SSSR count). The third kappa shape index (κ3) is 3.66. The van der Waals surface area contributed by atoms with Crippen LogP contribution < -0.4 is 5.32 Å². The average molecular weight is 309 g/mol. The van der Waals surface area contributed by atoms with E-state index in [0.29, 0.717) is 5.56 Å². The van der Waals surface area contributed by atoms with Crippen LogP contribution in [0.4, 0.5) is 0 Å². The monoisotopic (exact) mass is 309 g/mol. The van der Waals surface area contributed by atoms with Gasteiger partial charge in [0.15, 0.2) is 0 Å². The summed E-state index contributed by atoms with van der Waals surface area (Å²) in [6, 6.07) is 9.92. The van der Waals surface area contributed by atoms with Crippen LogP contribution in [0.2, 0.25) is 0 Å². The zero-order valence-corrected chi connectivity index (χ0v) is 12.9. The zero-order chi connectivity index (χ0) is 16.1. The van der Waals surface area contributed by atoms with E-state index in [2.05, 4.69) is 25.1 Å². The van der Waals surface area contributed by atoms with Crippen LogP contribution in [0, 0.1) is 6.92 Å². The van der Waals surface area contributed by atoms with E-state index in [0.717, 1.165) is 24.4 Å². The van der Waals surface area contributed by atoms with Crippen molar-refractivity contribution in [2.45, 2.75) is 25.9 Å². The number of nitrogens with one attached hydrogen (secondary N) is 2. The quantitative estimate of drug-likeness (QED) is 0.734. The fraction of sp³-hybridized carbons (Fsp3) is 0.235. The van der Waals surface area contributed by atoms with Crippen molar-refractivity contribution < 1.29 is 4.79 Å². The fourth-order valence-corrected chi connectivity index (χ4v) is 2.53. The lowest BCUT2D eigenvalue weighted by Gasteiger charge is -2.19. The molecule has 2 aromatic heterocycles. The van der Waals surface area contributed by atoms with Gasteiger partial charge >= 0.3 is 0 Å². The normalized spacial score (nSPS) is 12.0. The van der Waals surface area contributed by atoms with Gasteiger partial charge in [0.25, 0.3) is 5.91 Å². The van der Waals surface area contributed by atoms with Gasteiger partial charge in [-0.2, -0.15) is 5.10 Å². The Kier molecular flexibility index (Phi) is 4.52. The Balaban J connectivity index is 1.74.